The number of amides is 1. The molecule has 1 N–H and O–H groups in total. The number of rotatable bonds is 8. The van der Waals surface area contributed by atoms with Crippen molar-refractivity contribution in [1.29, 1.82) is 0 Å². The van der Waals surface area contributed by atoms with E-state index in [-0.39, 0.29) is 5.91 Å². The van der Waals surface area contributed by atoms with Crippen LogP contribution in [0.25, 0.3) is 11.0 Å². The molecular formula is C22H26ClN3O3. The van der Waals surface area contributed by atoms with E-state index in [0.29, 0.717) is 41.2 Å². The van der Waals surface area contributed by atoms with Crippen LogP contribution >= 0.6 is 11.6 Å². The highest BCUT2D eigenvalue weighted by Crippen LogP contribution is 2.36. The minimum Gasteiger partial charge on any atom is -0.493 e. The lowest BCUT2D eigenvalue weighted by atomic mass is 10.1. The van der Waals surface area contributed by atoms with Crippen molar-refractivity contribution in [1.82, 2.24) is 14.9 Å². The Morgan fingerprint density at radius 1 is 1.28 bits per heavy atom. The predicted molar refractivity (Wildman–Crippen MR) is 115 cm³/mol. The fraction of sp³-hybridized carbons (Fsp3) is 0.364. The summed E-state index contributed by atoms with van der Waals surface area (Å²) in [7, 11) is 1.53. The number of para-hydroxylation sites is 2. The Morgan fingerprint density at radius 2 is 2.03 bits per heavy atom. The second-order valence-corrected chi connectivity index (χ2v) is 7.55. The van der Waals surface area contributed by atoms with Gasteiger partial charge in [-0.2, -0.15) is 0 Å². The number of nitrogens with zero attached hydrogens (tertiary/aromatic N) is 2. The number of nitrogens with one attached hydrogen (secondary N) is 1. The Hall–Kier alpha value is -2.73. The van der Waals surface area contributed by atoms with Crippen molar-refractivity contribution >= 4 is 28.5 Å². The number of carbonyl (C=O) groups is 1. The molecule has 6 nitrogen and oxygen atoms in total. The third kappa shape index (κ3) is 4.65. The number of ether oxygens (including phenoxy) is 2. The van der Waals surface area contributed by atoms with Gasteiger partial charge in [-0.05, 0) is 37.1 Å². The molecule has 0 aliphatic heterocycles. The predicted octanol–water partition coefficient (Wildman–Crippen LogP) is 4.68. The van der Waals surface area contributed by atoms with Crippen LogP contribution in [0.1, 0.15) is 37.0 Å². The molecule has 0 aliphatic carbocycles. The zero-order valence-corrected chi connectivity index (χ0v) is 17.9. The number of fused-ring (bicyclic) bond motifs is 1. The Kier molecular flexibility index (Phi) is 6.64. The zero-order chi connectivity index (χ0) is 21.0. The van der Waals surface area contributed by atoms with Gasteiger partial charge < -0.3 is 19.4 Å². The fourth-order valence-electron chi connectivity index (χ4n) is 3.12. The summed E-state index contributed by atoms with van der Waals surface area (Å²) in [5.74, 6) is 1.78. The molecule has 1 amide bonds. The molecule has 0 bridgehead atoms. The lowest BCUT2D eigenvalue weighted by Crippen LogP contribution is -2.24. The van der Waals surface area contributed by atoms with Gasteiger partial charge in [-0.15, -0.1) is 0 Å². The third-order valence-electron chi connectivity index (χ3n) is 4.51. The van der Waals surface area contributed by atoms with Crippen LogP contribution in [0.15, 0.2) is 36.4 Å². The molecule has 1 heterocycles. The molecule has 3 aromatic rings. The molecule has 0 aliphatic rings. The Balaban J connectivity index is 1.78. The van der Waals surface area contributed by atoms with E-state index >= 15 is 0 Å². The molecular weight excluding hydrogens is 390 g/mol. The average molecular weight is 416 g/mol. The number of halogens is 1. The first-order chi connectivity index (χ1) is 13.9. The lowest BCUT2D eigenvalue weighted by Gasteiger charge is -2.15. The van der Waals surface area contributed by atoms with Crippen molar-refractivity contribution in [2.75, 3.05) is 13.7 Å². The van der Waals surface area contributed by atoms with Crippen molar-refractivity contribution in [2.45, 2.75) is 33.9 Å². The first kappa shape index (κ1) is 21.0. The molecule has 0 atom stereocenters. The summed E-state index contributed by atoms with van der Waals surface area (Å²) in [5.41, 5.74) is 2.37. The van der Waals surface area contributed by atoms with Gasteiger partial charge in [0, 0.05) is 12.1 Å². The quantitative estimate of drug-likeness (QED) is 0.580. The van der Waals surface area contributed by atoms with Gasteiger partial charge in [-0.3, -0.25) is 4.79 Å². The fourth-order valence-corrected chi connectivity index (χ4v) is 3.38. The summed E-state index contributed by atoms with van der Waals surface area (Å²) in [6, 6.07) is 11.2. The standard InChI is InChI=1S/C22H26ClN3O3/c1-5-26-18-9-7-6-8-17(18)25-20(26)12-24-22(27)15-10-16(23)21(19(11-15)28-4)29-13-14(2)3/h6-11,14H,5,12-13H2,1-4H3,(H,24,27). The molecule has 1 aromatic heterocycles. The summed E-state index contributed by atoms with van der Waals surface area (Å²) in [4.78, 5) is 17.4. The Bertz CT molecular complexity index is 1010. The molecule has 0 saturated heterocycles. The minimum atomic E-state index is -0.254. The summed E-state index contributed by atoms with van der Waals surface area (Å²) < 4.78 is 13.2. The van der Waals surface area contributed by atoms with Gasteiger partial charge in [-0.1, -0.05) is 37.6 Å². The number of hydrogen-bond acceptors (Lipinski definition) is 4. The van der Waals surface area contributed by atoms with Crippen LogP contribution < -0.4 is 14.8 Å². The monoisotopic (exact) mass is 415 g/mol. The molecule has 0 unspecified atom stereocenters. The summed E-state index contributed by atoms with van der Waals surface area (Å²) in [6.07, 6.45) is 0. The maximum absolute atomic E-state index is 12.7. The minimum absolute atomic E-state index is 0.254. The third-order valence-corrected chi connectivity index (χ3v) is 4.79. The van der Waals surface area contributed by atoms with Crippen molar-refractivity contribution in [3.05, 3.63) is 52.8 Å². The van der Waals surface area contributed by atoms with Crippen LogP contribution in [0.4, 0.5) is 0 Å². The Morgan fingerprint density at radius 3 is 2.72 bits per heavy atom. The van der Waals surface area contributed by atoms with E-state index in [2.05, 4.69) is 21.8 Å². The molecule has 0 spiro atoms. The molecule has 3 rings (SSSR count). The van der Waals surface area contributed by atoms with E-state index in [1.54, 1.807) is 12.1 Å². The highest BCUT2D eigenvalue weighted by Gasteiger charge is 2.17. The molecule has 0 radical (unpaired) electrons. The SMILES string of the molecule is CCn1c(CNC(=O)c2cc(Cl)c(OCC(C)C)c(OC)c2)nc2ccccc21. The first-order valence-electron chi connectivity index (χ1n) is 9.67. The molecule has 7 heteroatoms. The number of hydrogen-bond donors (Lipinski definition) is 1. The highest BCUT2D eigenvalue weighted by molar-refractivity contribution is 6.32. The van der Waals surface area contributed by atoms with Crippen LogP contribution in [0, 0.1) is 5.92 Å². The van der Waals surface area contributed by atoms with E-state index in [1.165, 1.54) is 7.11 Å². The van der Waals surface area contributed by atoms with Gasteiger partial charge in [0.2, 0.25) is 0 Å². The van der Waals surface area contributed by atoms with Gasteiger partial charge in [-0.25, -0.2) is 4.98 Å². The topological polar surface area (TPSA) is 65.4 Å². The summed E-state index contributed by atoms with van der Waals surface area (Å²) in [6.45, 7) is 7.74. The largest absolute Gasteiger partial charge is 0.493 e. The second kappa shape index (κ2) is 9.18. The maximum atomic E-state index is 12.7. The summed E-state index contributed by atoms with van der Waals surface area (Å²) >= 11 is 6.36. The van der Waals surface area contributed by atoms with Gasteiger partial charge in [0.15, 0.2) is 11.5 Å². The molecule has 154 valence electrons. The van der Waals surface area contributed by atoms with Crippen LogP contribution in [-0.2, 0) is 13.1 Å². The number of benzene rings is 2. The van der Waals surface area contributed by atoms with Crippen LogP contribution in [-0.4, -0.2) is 29.2 Å². The maximum Gasteiger partial charge on any atom is 0.251 e. The zero-order valence-electron chi connectivity index (χ0n) is 17.2. The van der Waals surface area contributed by atoms with Crippen molar-refractivity contribution in [3.8, 4) is 11.5 Å². The van der Waals surface area contributed by atoms with E-state index in [9.17, 15) is 4.79 Å². The van der Waals surface area contributed by atoms with Crippen molar-refractivity contribution in [3.63, 3.8) is 0 Å². The highest BCUT2D eigenvalue weighted by atomic mass is 35.5. The normalized spacial score (nSPS) is 11.1. The van der Waals surface area contributed by atoms with Crippen LogP contribution in [0.2, 0.25) is 5.02 Å². The number of carbonyl (C=O) groups excluding carboxylic acids is 1. The average Bonchev–Trinajstić information content (AvgIpc) is 3.07. The van der Waals surface area contributed by atoms with Gasteiger partial charge in [0.05, 0.1) is 36.3 Å². The molecule has 0 fully saturated rings. The van der Waals surface area contributed by atoms with Crippen LogP contribution in [0.3, 0.4) is 0 Å². The van der Waals surface area contributed by atoms with E-state index in [1.807, 2.05) is 38.1 Å². The second-order valence-electron chi connectivity index (χ2n) is 7.14. The lowest BCUT2D eigenvalue weighted by molar-refractivity contribution is 0.0949. The number of aryl methyl sites for hydroxylation is 1. The van der Waals surface area contributed by atoms with Crippen LogP contribution in [0.5, 0.6) is 11.5 Å². The number of methoxy groups -OCH3 is 1. The van der Waals surface area contributed by atoms with Crippen molar-refractivity contribution < 1.29 is 14.3 Å². The molecule has 29 heavy (non-hydrogen) atoms. The number of aromatic nitrogens is 2. The molecule has 0 saturated carbocycles. The van der Waals surface area contributed by atoms with Gasteiger partial charge in [0.1, 0.15) is 5.82 Å². The number of imidazole rings is 1. The van der Waals surface area contributed by atoms with E-state index < -0.39 is 0 Å². The van der Waals surface area contributed by atoms with Gasteiger partial charge in [0.25, 0.3) is 5.91 Å². The van der Waals surface area contributed by atoms with Crippen molar-refractivity contribution in [2.24, 2.45) is 5.92 Å². The Labute approximate surface area is 175 Å². The van der Waals surface area contributed by atoms with E-state index in [4.69, 9.17) is 21.1 Å². The van der Waals surface area contributed by atoms with E-state index in [0.717, 1.165) is 23.4 Å². The smallest absolute Gasteiger partial charge is 0.251 e. The first-order valence-corrected chi connectivity index (χ1v) is 10.0. The van der Waals surface area contributed by atoms with Gasteiger partial charge >= 0.3 is 0 Å². The summed E-state index contributed by atoms with van der Waals surface area (Å²) in [5, 5.41) is 3.27. The molecule has 2 aromatic carbocycles.